The second kappa shape index (κ2) is 7.89. The normalized spacial score (nSPS) is 12.6. The summed E-state index contributed by atoms with van der Waals surface area (Å²) in [5, 5.41) is 15.9. The van der Waals surface area contributed by atoms with Crippen LogP contribution in [0.3, 0.4) is 0 Å². The van der Waals surface area contributed by atoms with Crippen molar-refractivity contribution in [1.29, 1.82) is 0 Å². The number of sulfone groups is 1. The summed E-state index contributed by atoms with van der Waals surface area (Å²) in [6, 6.07) is 22.2. The lowest BCUT2D eigenvalue weighted by molar-refractivity contribution is 0.208. The first-order chi connectivity index (χ1) is 14.3. The molecule has 3 aromatic carbocycles. The molecule has 1 atom stereocenters. The van der Waals surface area contributed by atoms with Crippen LogP contribution in [-0.4, -0.2) is 24.8 Å². The molecule has 0 aliphatic carbocycles. The van der Waals surface area contributed by atoms with Gasteiger partial charge in [-0.1, -0.05) is 42.5 Å². The molecular formula is C24H22N2O3S. The summed E-state index contributed by atoms with van der Waals surface area (Å²) in [5.41, 5.74) is 4.10. The molecule has 2 N–H and O–H groups in total. The molecule has 0 aliphatic heterocycles. The molecule has 30 heavy (non-hydrogen) atoms. The minimum atomic E-state index is -3.35. The molecule has 1 unspecified atom stereocenters. The number of fused-ring (bicyclic) bond motifs is 1. The van der Waals surface area contributed by atoms with E-state index < -0.39 is 16.1 Å². The predicted octanol–water partition coefficient (Wildman–Crippen LogP) is 4.72. The Morgan fingerprint density at radius 2 is 1.77 bits per heavy atom. The van der Waals surface area contributed by atoms with E-state index in [0.717, 1.165) is 33.8 Å². The van der Waals surface area contributed by atoms with Gasteiger partial charge in [0, 0.05) is 34.7 Å². The Labute approximate surface area is 176 Å². The summed E-state index contributed by atoms with van der Waals surface area (Å²) in [5.74, 6) is 0. The average Bonchev–Trinajstić information content (AvgIpc) is 2.74. The van der Waals surface area contributed by atoms with Gasteiger partial charge in [-0.2, -0.15) is 0 Å². The fourth-order valence-corrected chi connectivity index (χ4v) is 4.13. The van der Waals surface area contributed by atoms with Gasteiger partial charge in [-0.05, 0) is 48.2 Å². The molecule has 0 bridgehead atoms. The predicted molar refractivity (Wildman–Crippen MR) is 120 cm³/mol. The zero-order valence-electron chi connectivity index (χ0n) is 16.7. The Kier molecular flexibility index (Phi) is 5.28. The molecule has 0 radical (unpaired) electrons. The molecule has 1 aromatic heterocycles. The number of nitrogens with one attached hydrogen (secondary N) is 1. The molecule has 4 aromatic rings. The summed E-state index contributed by atoms with van der Waals surface area (Å²) in [6.07, 6.45) is 1.89. The van der Waals surface area contributed by atoms with E-state index in [1.807, 2.05) is 49.4 Å². The SMILES string of the molecule is Cc1ccc(NC(O)c2cccc(S(C)(=O)=O)c2)cc1-c1nccc2ccccc12. The first-order valence-corrected chi connectivity index (χ1v) is 11.4. The number of aryl methyl sites for hydroxylation is 1. The largest absolute Gasteiger partial charge is 0.369 e. The molecule has 0 fully saturated rings. The van der Waals surface area contributed by atoms with Crippen molar-refractivity contribution >= 4 is 26.3 Å². The van der Waals surface area contributed by atoms with Crippen LogP contribution in [0, 0.1) is 6.92 Å². The van der Waals surface area contributed by atoms with Gasteiger partial charge in [0.1, 0.15) is 0 Å². The number of aliphatic hydroxyl groups excluding tert-OH is 1. The Hall–Kier alpha value is -3.22. The van der Waals surface area contributed by atoms with Crippen molar-refractivity contribution in [2.24, 2.45) is 0 Å². The average molecular weight is 419 g/mol. The third-order valence-electron chi connectivity index (χ3n) is 5.07. The monoisotopic (exact) mass is 418 g/mol. The number of pyridine rings is 1. The fraction of sp³-hybridized carbons (Fsp3) is 0.125. The minimum absolute atomic E-state index is 0.172. The van der Waals surface area contributed by atoms with Crippen LogP contribution in [0.4, 0.5) is 5.69 Å². The number of hydrogen-bond donors (Lipinski definition) is 2. The second-order valence-corrected chi connectivity index (χ2v) is 9.32. The van der Waals surface area contributed by atoms with Crippen LogP contribution < -0.4 is 5.32 Å². The van der Waals surface area contributed by atoms with Crippen molar-refractivity contribution in [1.82, 2.24) is 4.98 Å². The molecule has 0 aliphatic rings. The highest BCUT2D eigenvalue weighted by molar-refractivity contribution is 7.90. The highest BCUT2D eigenvalue weighted by atomic mass is 32.2. The number of aromatic nitrogens is 1. The van der Waals surface area contributed by atoms with Crippen molar-refractivity contribution in [2.45, 2.75) is 18.0 Å². The van der Waals surface area contributed by atoms with E-state index in [1.165, 1.54) is 12.1 Å². The van der Waals surface area contributed by atoms with Crippen molar-refractivity contribution in [3.05, 3.63) is 90.1 Å². The zero-order chi connectivity index (χ0) is 21.3. The number of aliphatic hydroxyl groups is 1. The van der Waals surface area contributed by atoms with E-state index in [0.29, 0.717) is 11.3 Å². The van der Waals surface area contributed by atoms with Gasteiger partial charge in [-0.3, -0.25) is 4.98 Å². The minimum Gasteiger partial charge on any atom is -0.369 e. The van der Waals surface area contributed by atoms with E-state index in [-0.39, 0.29) is 4.90 Å². The van der Waals surface area contributed by atoms with Gasteiger partial charge in [0.2, 0.25) is 0 Å². The maximum absolute atomic E-state index is 11.8. The standard InChI is InChI=1S/C24H22N2O3S/c1-16-10-11-19(26-24(27)18-7-5-8-20(14-18)30(2,28)29)15-22(16)23-21-9-4-3-6-17(21)12-13-25-23/h3-15,24,26-27H,1-2H3. The topological polar surface area (TPSA) is 79.3 Å². The summed E-state index contributed by atoms with van der Waals surface area (Å²) < 4.78 is 23.6. The molecule has 0 amide bonds. The van der Waals surface area contributed by atoms with Crippen molar-refractivity contribution in [2.75, 3.05) is 11.6 Å². The Morgan fingerprint density at radius 3 is 2.57 bits per heavy atom. The van der Waals surface area contributed by atoms with Crippen LogP contribution >= 0.6 is 0 Å². The van der Waals surface area contributed by atoms with Gasteiger partial charge < -0.3 is 10.4 Å². The molecular weight excluding hydrogens is 396 g/mol. The van der Waals surface area contributed by atoms with Crippen LogP contribution in [0.1, 0.15) is 17.4 Å². The number of benzene rings is 3. The van der Waals surface area contributed by atoms with Crippen LogP contribution in [-0.2, 0) is 9.84 Å². The lowest BCUT2D eigenvalue weighted by atomic mass is 9.99. The van der Waals surface area contributed by atoms with Crippen LogP contribution in [0.2, 0.25) is 0 Å². The van der Waals surface area contributed by atoms with Gasteiger partial charge in [0.15, 0.2) is 16.1 Å². The maximum Gasteiger partial charge on any atom is 0.175 e. The van der Waals surface area contributed by atoms with E-state index in [4.69, 9.17) is 0 Å². The number of rotatable bonds is 5. The lowest BCUT2D eigenvalue weighted by Gasteiger charge is -2.17. The highest BCUT2D eigenvalue weighted by Crippen LogP contribution is 2.31. The van der Waals surface area contributed by atoms with Crippen LogP contribution in [0.25, 0.3) is 22.0 Å². The highest BCUT2D eigenvalue weighted by Gasteiger charge is 2.14. The third-order valence-corrected chi connectivity index (χ3v) is 6.18. The van der Waals surface area contributed by atoms with Crippen molar-refractivity contribution in [3.8, 4) is 11.3 Å². The van der Waals surface area contributed by atoms with Gasteiger partial charge in [-0.25, -0.2) is 8.42 Å². The molecule has 0 saturated heterocycles. The molecule has 4 rings (SSSR count). The van der Waals surface area contributed by atoms with Gasteiger partial charge in [0.05, 0.1) is 10.6 Å². The molecule has 1 heterocycles. The first-order valence-electron chi connectivity index (χ1n) is 9.52. The summed E-state index contributed by atoms with van der Waals surface area (Å²) >= 11 is 0. The van der Waals surface area contributed by atoms with Gasteiger partial charge >= 0.3 is 0 Å². The van der Waals surface area contributed by atoms with E-state index >= 15 is 0 Å². The van der Waals surface area contributed by atoms with E-state index in [2.05, 4.69) is 16.4 Å². The molecule has 0 saturated carbocycles. The Morgan fingerprint density at radius 1 is 0.967 bits per heavy atom. The smallest absolute Gasteiger partial charge is 0.175 e. The number of anilines is 1. The van der Waals surface area contributed by atoms with Gasteiger partial charge in [0.25, 0.3) is 0 Å². The number of nitrogens with zero attached hydrogens (tertiary/aromatic N) is 1. The van der Waals surface area contributed by atoms with E-state index in [9.17, 15) is 13.5 Å². The summed E-state index contributed by atoms with van der Waals surface area (Å²) in [6.45, 7) is 2.02. The molecule has 0 spiro atoms. The van der Waals surface area contributed by atoms with Crippen molar-refractivity contribution < 1.29 is 13.5 Å². The number of hydrogen-bond acceptors (Lipinski definition) is 5. The molecule has 5 nitrogen and oxygen atoms in total. The summed E-state index contributed by atoms with van der Waals surface area (Å²) in [4.78, 5) is 4.77. The van der Waals surface area contributed by atoms with Crippen LogP contribution in [0.15, 0.2) is 83.9 Å². The van der Waals surface area contributed by atoms with Crippen molar-refractivity contribution in [3.63, 3.8) is 0 Å². The molecule has 152 valence electrons. The quantitative estimate of drug-likeness (QED) is 0.459. The summed E-state index contributed by atoms with van der Waals surface area (Å²) in [7, 11) is -3.35. The Bertz CT molecular complexity index is 1330. The second-order valence-electron chi connectivity index (χ2n) is 7.30. The van der Waals surface area contributed by atoms with E-state index in [1.54, 1.807) is 18.3 Å². The Balaban J connectivity index is 1.69. The molecule has 6 heteroatoms. The van der Waals surface area contributed by atoms with Gasteiger partial charge in [-0.15, -0.1) is 0 Å². The zero-order valence-corrected chi connectivity index (χ0v) is 17.5. The van der Waals surface area contributed by atoms with Crippen LogP contribution in [0.5, 0.6) is 0 Å². The first kappa shape index (κ1) is 20.1. The fourth-order valence-electron chi connectivity index (χ4n) is 3.46. The third kappa shape index (κ3) is 4.06. The lowest BCUT2D eigenvalue weighted by Crippen LogP contribution is -2.11. The maximum atomic E-state index is 11.8.